The number of hydrogen-bond donors (Lipinski definition) is 0. The number of hydrogen-bond acceptors (Lipinski definition) is 3. The van der Waals surface area contributed by atoms with Crippen LogP contribution in [0.25, 0.3) is 0 Å². The van der Waals surface area contributed by atoms with Gasteiger partial charge in [-0.25, -0.2) is 9.98 Å². The largest absolute Gasteiger partial charge is 2.00 e. The zero-order valence-corrected chi connectivity index (χ0v) is 16.4. The molecule has 0 radical (unpaired) electrons. The zero-order chi connectivity index (χ0) is 17.3. The van der Waals surface area contributed by atoms with Gasteiger partial charge in [0.15, 0.2) is 0 Å². The van der Waals surface area contributed by atoms with Crippen molar-refractivity contribution in [3.63, 3.8) is 0 Å². The first-order valence-electron chi connectivity index (χ1n) is 8.41. The van der Waals surface area contributed by atoms with Crippen molar-refractivity contribution in [2.45, 2.75) is 47.1 Å². The van der Waals surface area contributed by atoms with Crippen LogP contribution in [-0.2, 0) is 21.2 Å². The van der Waals surface area contributed by atoms with Gasteiger partial charge in [0, 0.05) is 6.42 Å². The van der Waals surface area contributed by atoms with E-state index in [-0.39, 0.29) is 22.6 Å². The van der Waals surface area contributed by atoms with E-state index >= 15 is 0 Å². The van der Waals surface area contributed by atoms with Crippen molar-refractivity contribution >= 4 is 23.0 Å². The van der Waals surface area contributed by atoms with Crippen molar-refractivity contribution in [2.75, 3.05) is 0 Å². The number of rotatable bonds is 2. The molecule has 0 amide bonds. The SMILES string of the molecule is Cc1cccc(C)c1N=C1CC(C)OC1=Nc1c(C)cccc1C.[Ni+2]. The summed E-state index contributed by atoms with van der Waals surface area (Å²) in [7, 11) is 0. The van der Waals surface area contributed by atoms with Gasteiger partial charge in [-0.15, -0.1) is 0 Å². The first-order valence-corrected chi connectivity index (χ1v) is 8.41. The first kappa shape index (κ1) is 19.4. The van der Waals surface area contributed by atoms with Gasteiger partial charge in [0.05, 0.1) is 11.4 Å². The van der Waals surface area contributed by atoms with Crippen LogP contribution >= 0.6 is 0 Å². The Kier molecular flexibility index (Phi) is 6.18. The molecule has 4 heteroatoms. The molecule has 3 rings (SSSR count). The summed E-state index contributed by atoms with van der Waals surface area (Å²) in [5, 5.41) is 0. The normalized spacial score (nSPS) is 19.8. The third-order valence-electron chi connectivity index (χ3n) is 4.38. The van der Waals surface area contributed by atoms with Crippen LogP contribution in [0.3, 0.4) is 0 Å². The summed E-state index contributed by atoms with van der Waals surface area (Å²) in [6.07, 6.45) is 0.897. The van der Waals surface area contributed by atoms with Crippen LogP contribution in [0.15, 0.2) is 46.4 Å². The summed E-state index contributed by atoms with van der Waals surface area (Å²) in [4.78, 5) is 9.71. The fourth-order valence-corrected chi connectivity index (χ4v) is 3.04. The van der Waals surface area contributed by atoms with Gasteiger partial charge in [-0.2, -0.15) is 0 Å². The molecule has 0 aromatic heterocycles. The molecule has 2 aromatic rings. The second-order valence-electron chi connectivity index (χ2n) is 6.59. The Hall–Kier alpha value is -1.93. The van der Waals surface area contributed by atoms with Crippen LogP contribution in [-0.4, -0.2) is 17.7 Å². The zero-order valence-electron chi connectivity index (χ0n) is 15.4. The topological polar surface area (TPSA) is 34.0 Å². The van der Waals surface area contributed by atoms with Crippen molar-refractivity contribution in [2.24, 2.45) is 9.98 Å². The predicted octanol–water partition coefficient (Wildman–Crippen LogP) is 5.53. The minimum absolute atomic E-state index is 0. The summed E-state index contributed by atoms with van der Waals surface area (Å²) in [5.41, 5.74) is 7.59. The van der Waals surface area contributed by atoms with E-state index in [9.17, 15) is 0 Å². The van der Waals surface area contributed by atoms with Gasteiger partial charge >= 0.3 is 16.5 Å². The average molecular weight is 379 g/mol. The molecule has 1 saturated heterocycles. The van der Waals surface area contributed by atoms with E-state index < -0.39 is 0 Å². The Labute approximate surface area is 160 Å². The third kappa shape index (κ3) is 4.19. The van der Waals surface area contributed by atoms with E-state index in [1.807, 2.05) is 0 Å². The van der Waals surface area contributed by atoms with Crippen LogP contribution in [0.1, 0.15) is 35.6 Å². The maximum atomic E-state index is 5.96. The van der Waals surface area contributed by atoms with E-state index in [0.717, 1.165) is 34.6 Å². The van der Waals surface area contributed by atoms with Gasteiger partial charge in [-0.3, -0.25) is 0 Å². The van der Waals surface area contributed by atoms with Gasteiger partial charge in [0.25, 0.3) is 0 Å². The second kappa shape index (κ2) is 7.97. The Morgan fingerprint density at radius 2 is 1.24 bits per heavy atom. The maximum absolute atomic E-state index is 5.96. The fourth-order valence-electron chi connectivity index (χ4n) is 3.04. The summed E-state index contributed by atoms with van der Waals surface area (Å²) >= 11 is 0. The van der Waals surface area contributed by atoms with Gasteiger partial charge in [0.2, 0.25) is 5.90 Å². The van der Waals surface area contributed by atoms with Gasteiger partial charge < -0.3 is 4.74 Å². The van der Waals surface area contributed by atoms with E-state index in [4.69, 9.17) is 14.7 Å². The van der Waals surface area contributed by atoms with E-state index in [1.54, 1.807) is 0 Å². The molecular weight excluding hydrogens is 355 g/mol. The number of aliphatic imine (C=N–C) groups is 2. The molecule has 1 atom stereocenters. The Morgan fingerprint density at radius 1 is 0.800 bits per heavy atom. The summed E-state index contributed by atoms with van der Waals surface area (Å²) < 4.78 is 5.96. The minimum atomic E-state index is 0. The molecule has 1 aliphatic rings. The fraction of sp³-hybridized carbons (Fsp3) is 0.333. The maximum Gasteiger partial charge on any atom is 2.00 e. The Balaban J connectivity index is 0.00000225. The van der Waals surface area contributed by atoms with E-state index in [0.29, 0.717) is 5.90 Å². The smallest absolute Gasteiger partial charge is 0.473 e. The molecule has 25 heavy (non-hydrogen) atoms. The number of ether oxygens (including phenoxy) is 1. The molecule has 1 heterocycles. The van der Waals surface area contributed by atoms with Gasteiger partial charge in [-0.1, -0.05) is 36.4 Å². The molecule has 1 aliphatic heterocycles. The van der Waals surface area contributed by atoms with Gasteiger partial charge in [0.1, 0.15) is 11.8 Å². The molecule has 0 saturated carbocycles. The molecule has 132 valence electrons. The molecule has 0 spiro atoms. The van der Waals surface area contributed by atoms with Crippen molar-refractivity contribution in [3.8, 4) is 0 Å². The van der Waals surface area contributed by atoms with Crippen LogP contribution in [0, 0.1) is 27.7 Å². The quantitative estimate of drug-likeness (QED) is 0.632. The molecule has 2 aromatic carbocycles. The number of nitrogens with zero attached hydrogens (tertiary/aromatic N) is 2. The van der Waals surface area contributed by atoms with Crippen LogP contribution < -0.4 is 0 Å². The molecule has 1 unspecified atom stereocenters. The van der Waals surface area contributed by atoms with Crippen molar-refractivity contribution in [1.29, 1.82) is 0 Å². The average Bonchev–Trinajstić information content (AvgIpc) is 2.87. The van der Waals surface area contributed by atoms with Crippen LogP contribution in [0.4, 0.5) is 11.4 Å². The Bertz CT molecular complexity index is 730. The summed E-state index contributed by atoms with van der Waals surface area (Å²) in [6.45, 7) is 10.4. The van der Waals surface area contributed by atoms with Crippen molar-refractivity contribution < 1.29 is 21.2 Å². The Morgan fingerprint density at radius 3 is 1.72 bits per heavy atom. The standard InChI is InChI=1S/C21H24N2O.Ni/c1-13-8-6-9-14(2)19(13)22-18-12-17(5)24-21(18)23-20-15(3)10-7-11-16(20)4;/h6-11,17H,12H2,1-5H3;/q;+2. The number of para-hydroxylation sites is 2. The molecular formula is C21H24N2NiO+2. The van der Waals surface area contributed by atoms with E-state index in [2.05, 4.69) is 71.0 Å². The molecule has 0 N–H and O–H groups in total. The minimum Gasteiger partial charge on any atom is -0.473 e. The monoisotopic (exact) mass is 378 g/mol. The van der Waals surface area contributed by atoms with Gasteiger partial charge in [-0.05, 0) is 56.9 Å². The summed E-state index contributed by atoms with van der Waals surface area (Å²) in [6, 6.07) is 12.5. The molecule has 0 aliphatic carbocycles. The second-order valence-corrected chi connectivity index (χ2v) is 6.59. The number of aryl methyl sites for hydroxylation is 4. The van der Waals surface area contributed by atoms with Crippen LogP contribution in [0.5, 0.6) is 0 Å². The van der Waals surface area contributed by atoms with Crippen LogP contribution in [0.2, 0.25) is 0 Å². The molecule has 3 nitrogen and oxygen atoms in total. The third-order valence-corrected chi connectivity index (χ3v) is 4.38. The number of benzene rings is 2. The van der Waals surface area contributed by atoms with Crippen molar-refractivity contribution in [1.82, 2.24) is 0 Å². The molecule has 0 bridgehead atoms. The van der Waals surface area contributed by atoms with E-state index in [1.165, 1.54) is 11.1 Å². The first-order chi connectivity index (χ1) is 11.5. The predicted molar refractivity (Wildman–Crippen MR) is 101 cm³/mol. The molecule has 1 fully saturated rings. The van der Waals surface area contributed by atoms with Crippen molar-refractivity contribution in [3.05, 3.63) is 58.7 Å². The summed E-state index contributed by atoms with van der Waals surface area (Å²) in [5.74, 6) is 0.655.